The molecule has 1 unspecified atom stereocenters. The number of fused-ring (bicyclic) bond motifs is 1. The summed E-state index contributed by atoms with van der Waals surface area (Å²) in [5, 5.41) is 11.6. The van der Waals surface area contributed by atoms with Gasteiger partial charge in [-0.3, -0.25) is 14.0 Å². The number of benzene rings is 2. The maximum absolute atomic E-state index is 12.8. The number of halogens is 1. The fourth-order valence-corrected chi connectivity index (χ4v) is 2.96. The molecule has 6 nitrogen and oxygen atoms in total. The molecule has 28 heavy (non-hydrogen) atoms. The molecule has 2 N–H and O–H groups in total. The Bertz CT molecular complexity index is 1090. The molecule has 0 spiro atoms. The molecular weight excluding hydrogens is 365 g/mol. The Morgan fingerprint density at radius 2 is 1.86 bits per heavy atom. The molecule has 0 radical (unpaired) electrons. The lowest BCUT2D eigenvalue weighted by Crippen LogP contribution is -2.41. The number of carbonyl (C=O) groups excluding carboxylic acids is 1. The molecule has 1 amide bonds. The summed E-state index contributed by atoms with van der Waals surface area (Å²) in [7, 11) is 0. The van der Waals surface area contributed by atoms with Crippen molar-refractivity contribution >= 4 is 22.8 Å². The molecule has 0 aliphatic carbocycles. The monoisotopic (exact) mass is 383 g/mol. The third-order valence-electron chi connectivity index (χ3n) is 4.43. The molecule has 0 fully saturated rings. The number of hydrogen-bond donors (Lipinski definition) is 2. The standard InChI is InChI=1S/C21H18FNO5/c1-12-17(24)14-8-5-9-15(20(25)23-16(10-11-22)21(26)27)19(14)28-18(12)13-6-3-2-4-7-13/h2-9,16H,10-11H2,1H3,(H,23,25)(H,26,27). The maximum Gasteiger partial charge on any atom is 0.326 e. The highest BCUT2D eigenvalue weighted by Crippen LogP contribution is 2.27. The number of hydrogen-bond acceptors (Lipinski definition) is 4. The lowest BCUT2D eigenvalue weighted by Gasteiger charge is -2.14. The van der Waals surface area contributed by atoms with Crippen LogP contribution in [-0.4, -0.2) is 29.7 Å². The van der Waals surface area contributed by atoms with Gasteiger partial charge in [0.15, 0.2) is 11.0 Å². The molecule has 0 bridgehead atoms. The van der Waals surface area contributed by atoms with Crippen LogP contribution in [0.2, 0.25) is 0 Å². The average Bonchev–Trinajstić information content (AvgIpc) is 2.70. The van der Waals surface area contributed by atoms with Crippen LogP contribution in [0.25, 0.3) is 22.3 Å². The van der Waals surface area contributed by atoms with E-state index in [0.29, 0.717) is 16.9 Å². The summed E-state index contributed by atoms with van der Waals surface area (Å²) in [5.74, 6) is -1.76. The van der Waals surface area contributed by atoms with Gasteiger partial charge in [-0.25, -0.2) is 4.79 Å². The van der Waals surface area contributed by atoms with Gasteiger partial charge < -0.3 is 14.8 Å². The van der Waals surface area contributed by atoms with Gasteiger partial charge in [0.25, 0.3) is 5.91 Å². The minimum absolute atomic E-state index is 0.0110. The van der Waals surface area contributed by atoms with Gasteiger partial charge in [0, 0.05) is 17.5 Å². The summed E-state index contributed by atoms with van der Waals surface area (Å²) in [6.07, 6.45) is -0.357. The molecule has 0 aliphatic rings. The van der Waals surface area contributed by atoms with Crippen LogP contribution in [-0.2, 0) is 4.79 Å². The van der Waals surface area contributed by atoms with E-state index in [1.807, 2.05) is 6.07 Å². The lowest BCUT2D eigenvalue weighted by molar-refractivity contribution is -0.139. The molecular formula is C21H18FNO5. The minimum Gasteiger partial charge on any atom is -0.480 e. The Morgan fingerprint density at radius 3 is 2.50 bits per heavy atom. The number of carboxylic acid groups (broad SMARTS) is 1. The summed E-state index contributed by atoms with van der Waals surface area (Å²) in [6, 6.07) is 12.1. The van der Waals surface area contributed by atoms with E-state index < -0.39 is 24.6 Å². The molecule has 1 heterocycles. The van der Waals surface area contributed by atoms with Gasteiger partial charge >= 0.3 is 5.97 Å². The summed E-state index contributed by atoms with van der Waals surface area (Å²) in [5.41, 5.74) is 0.858. The zero-order valence-electron chi connectivity index (χ0n) is 15.1. The number of para-hydroxylation sites is 1. The fraction of sp³-hybridized carbons (Fsp3) is 0.190. The number of nitrogens with one attached hydrogen (secondary N) is 1. The van der Waals surface area contributed by atoms with E-state index >= 15 is 0 Å². The van der Waals surface area contributed by atoms with Crippen LogP contribution >= 0.6 is 0 Å². The summed E-state index contributed by atoms with van der Waals surface area (Å²) >= 11 is 0. The van der Waals surface area contributed by atoms with E-state index in [0.717, 1.165) is 0 Å². The first kappa shape index (κ1) is 19.3. The highest BCUT2D eigenvalue weighted by atomic mass is 19.1. The second-order valence-electron chi connectivity index (χ2n) is 6.28. The van der Waals surface area contributed by atoms with Gasteiger partial charge in [0.1, 0.15) is 11.8 Å². The van der Waals surface area contributed by atoms with Gasteiger partial charge in [0.05, 0.1) is 17.6 Å². The van der Waals surface area contributed by atoms with Crippen LogP contribution in [0.15, 0.2) is 57.7 Å². The number of aliphatic carboxylic acids is 1. The highest BCUT2D eigenvalue weighted by Gasteiger charge is 2.23. The molecule has 1 aromatic heterocycles. The van der Waals surface area contributed by atoms with Crippen molar-refractivity contribution in [3.05, 3.63) is 69.9 Å². The molecule has 144 valence electrons. The van der Waals surface area contributed by atoms with Gasteiger partial charge in [0.2, 0.25) is 0 Å². The Hall–Kier alpha value is -3.48. The first-order valence-corrected chi connectivity index (χ1v) is 8.65. The zero-order chi connectivity index (χ0) is 20.3. The first-order valence-electron chi connectivity index (χ1n) is 8.65. The van der Waals surface area contributed by atoms with Crippen molar-refractivity contribution in [3.63, 3.8) is 0 Å². The van der Waals surface area contributed by atoms with Gasteiger partial charge in [-0.2, -0.15) is 0 Å². The van der Waals surface area contributed by atoms with Gasteiger partial charge in [-0.1, -0.05) is 36.4 Å². The lowest BCUT2D eigenvalue weighted by atomic mass is 10.0. The number of rotatable bonds is 6. The molecule has 2 aromatic carbocycles. The largest absolute Gasteiger partial charge is 0.480 e. The van der Waals surface area contributed by atoms with Gasteiger partial charge in [-0.05, 0) is 19.1 Å². The first-order chi connectivity index (χ1) is 13.4. The van der Waals surface area contributed by atoms with Crippen LogP contribution in [0.1, 0.15) is 22.3 Å². The summed E-state index contributed by atoms with van der Waals surface area (Å²) in [4.78, 5) is 36.6. The van der Waals surface area contributed by atoms with Crippen LogP contribution in [0.5, 0.6) is 0 Å². The Kier molecular flexibility index (Phi) is 5.54. The van der Waals surface area contributed by atoms with E-state index in [9.17, 15) is 18.8 Å². The van der Waals surface area contributed by atoms with Crippen molar-refractivity contribution in [2.75, 3.05) is 6.67 Å². The summed E-state index contributed by atoms with van der Waals surface area (Å²) in [6.45, 7) is 0.751. The predicted octanol–water partition coefficient (Wildman–Crippen LogP) is 3.31. The molecule has 7 heteroatoms. The van der Waals surface area contributed by atoms with Crippen LogP contribution in [0.4, 0.5) is 4.39 Å². The number of carbonyl (C=O) groups is 2. The SMILES string of the molecule is Cc1c(-c2ccccc2)oc2c(C(=O)NC(CCF)C(=O)O)cccc2c1=O. The van der Waals surface area contributed by atoms with Crippen LogP contribution < -0.4 is 10.7 Å². The van der Waals surface area contributed by atoms with Crippen LogP contribution in [0, 0.1) is 6.92 Å². The topological polar surface area (TPSA) is 96.6 Å². The Labute approximate surface area is 159 Å². The van der Waals surface area contributed by atoms with Crippen molar-refractivity contribution in [2.45, 2.75) is 19.4 Å². The smallest absolute Gasteiger partial charge is 0.326 e. The van der Waals surface area contributed by atoms with E-state index in [1.165, 1.54) is 18.2 Å². The van der Waals surface area contributed by atoms with Crippen molar-refractivity contribution < 1.29 is 23.5 Å². The molecule has 0 aliphatic heterocycles. The van der Waals surface area contributed by atoms with E-state index in [2.05, 4.69) is 5.32 Å². The fourth-order valence-electron chi connectivity index (χ4n) is 2.96. The second-order valence-corrected chi connectivity index (χ2v) is 6.28. The zero-order valence-corrected chi connectivity index (χ0v) is 15.1. The minimum atomic E-state index is -1.38. The van der Waals surface area contributed by atoms with E-state index in [1.54, 1.807) is 31.2 Å². The quantitative estimate of drug-likeness (QED) is 0.681. The Morgan fingerprint density at radius 1 is 1.14 bits per heavy atom. The van der Waals surface area contributed by atoms with E-state index in [4.69, 9.17) is 9.52 Å². The van der Waals surface area contributed by atoms with Crippen molar-refractivity contribution in [2.24, 2.45) is 0 Å². The van der Waals surface area contributed by atoms with Crippen molar-refractivity contribution in [1.29, 1.82) is 0 Å². The Balaban J connectivity index is 2.14. The molecule has 3 rings (SSSR count). The third kappa shape index (κ3) is 3.64. The van der Waals surface area contributed by atoms with Crippen molar-refractivity contribution in [1.82, 2.24) is 5.32 Å². The van der Waals surface area contributed by atoms with Crippen molar-refractivity contribution in [3.8, 4) is 11.3 Å². The maximum atomic E-state index is 12.8. The predicted molar refractivity (Wildman–Crippen MR) is 102 cm³/mol. The normalized spacial score (nSPS) is 11.9. The molecule has 0 saturated heterocycles. The number of amides is 1. The summed E-state index contributed by atoms with van der Waals surface area (Å²) < 4.78 is 18.5. The van der Waals surface area contributed by atoms with E-state index in [-0.39, 0.29) is 28.4 Å². The molecule has 0 saturated carbocycles. The van der Waals surface area contributed by atoms with Crippen LogP contribution in [0.3, 0.4) is 0 Å². The third-order valence-corrected chi connectivity index (χ3v) is 4.43. The number of alkyl halides is 1. The van der Waals surface area contributed by atoms with Gasteiger partial charge in [-0.15, -0.1) is 0 Å². The highest BCUT2D eigenvalue weighted by molar-refractivity contribution is 6.06. The second kappa shape index (κ2) is 8.04. The molecule has 1 atom stereocenters. The molecule has 3 aromatic rings. The number of carboxylic acids is 1. The average molecular weight is 383 g/mol.